The van der Waals surface area contributed by atoms with Crippen molar-refractivity contribution in [2.45, 2.75) is 77.5 Å². The van der Waals surface area contributed by atoms with E-state index in [4.69, 9.17) is 10.5 Å². The van der Waals surface area contributed by atoms with Gasteiger partial charge < -0.3 is 10.5 Å². The van der Waals surface area contributed by atoms with Crippen LogP contribution in [0.25, 0.3) is 0 Å². The Labute approximate surface area is 125 Å². The Morgan fingerprint density at radius 3 is 1.85 bits per heavy atom. The third-order valence-electron chi connectivity index (χ3n) is 5.01. The summed E-state index contributed by atoms with van der Waals surface area (Å²) in [7, 11) is 0. The highest BCUT2D eigenvalue weighted by Crippen LogP contribution is 2.42. The highest BCUT2D eigenvalue weighted by atomic mass is 16.5. The molecular formula is C17H34N2O. The van der Waals surface area contributed by atoms with Crippen molar-refractivity contribution < 1.29 is 4.74 Å². The summed E-state index contributed by atoms with van der Waals surface area (Å²) in [5.74, 6) is 1.55. The van der Waals surface area contributed by atoms with E-state index >= 15 is 0 Å². The molecular weight excluding hydrogens is 248 g/mol. The van der Waals surface area contributed by atoms with Crippen LogP contribution in [0.2, 0.25) is 0 Å². The standard InChI is InChI=1S/C17H34N2O/c1-13-7-14(2)9-17(8-13,10-18)19-11-15(3,4)20-16(5,6)12-19/h13-14H,7-12,18H2,1-6H3. The molecule has 1 saturated carbocycles. The maximum Gasteiger partial charge on any atom is 0.0761 e. The zero-order valence-electron chi connectivity index (χ0n) is 14.3. The summed E-state index contributed by atoms with van der Waals surface area (Å²) in [5.41, 5.74) is 6.29. The Morgan fingerprint density at radius 2 is 1.45 bits per heavy atom. The normalized spacial score (nSPS) is 41.5. The van der Waals surface area contributed by atoms with Crippen molar-refractivity contribution in [3.8, 4) is 0 Å². The van der Waals surface area contributed by atoms with Crippen molar-refractivity contribution in [1.29, 1.82) is 0 Å². The van der Waals surface area contributed by atoms with Crippen LogP contribution in [0.1, 0.15) is 60.8 Å². The maximum absolute atomic E-state index is 6.29. The lowest BCUT2D eigenvalue weighted by Gasteiger charge is -2.57. The van der Waals surface area contributed by atoms with Crippen molar-refractivity contribution in [3.63, 3.8) is 0 Å². The molecule has 1 aliphatic carbocycles. The highest BCUT2D eigenvalue weighted by Gasteiger charge is 2.48. The first-order valence-electron chi connectivity index (χ1n) is 8.23. The van der Waals surface area contributed by atoms with Crippen molar-refractivity contribution in [2.75, 3.05) is 19.6 Å². The average Bonchev–Trinajstić information content (AvgIpc) is 2.23. The molecule has 0 amide bonds. The molecule has 118 valence electrons. The molecule has 0 aromatic heterocycles. The lowest BCUT2D eigenvalue weighted by Crippen LogP contribution is -2.67. The van der Waals surface area contributed by atoms with E-state index in [2.05, 4.69) is 46.4 Å². The predicted molar refractivity (Wildman–Crippen MR) is 84.8 cm³/mol. The van der Waals surface area contributed by atoms with Crippen LogP contribution in [0.4, 0.5) is 0 Å². The average molecular weight is 282 g/mol. The van der Waals surface area contributed by atoms with Gasteiger partial charge in [0, 0.05) is 25.2 Å². The summed E-state index contributed by atoms with van der Waals surface area (Å²) in [6.07, 6.45) is 3.82. The monoisotopic (exact) mass is 282 g/mol. The molecule has 1 heterocycles. The van der Waals surface area contributed by atoms with Gasteiger partial charge in [-0.25, -0.2) is 0 Å². The highest BCUT2D eigenvalue weighted by molar-refractivity contribution is 5.03. The van der Waals surface area contributed by atoms with E-state index in [1.165, 1.54) is 19.3 Å². The summed E-state index contributed by atoms with van der Waals surface area (Å²) < 4.78 is 6.24. The van der Waals surface area contributed by atoms with Gasteiger partial charge in [-0.2, -0.15) is 0 Å². The SMILES string of the molecule is CC1CC(C)CC(CN)(N2CC(C)(C)OC(C)(C)C2)C1. The van der Waals surface area contributed by atoms with Gasteiger partial charge in [0.25, 0.3) is 0 Å². The fourth-order valence-corrected chi connectivity index (χ4v) is 4.91. The first kappa shape index (κ1) is 16.3. The van der Waals surface area contributed by atoms with Crippen molar-refractivity contribution in [2.24, 2.45) is 17.6 Å². The van der Waals surface area contributed by atoms with Gasteiger partial charge in [-0.15, -0.1) is 0 Å². The second kappa shape index (κ2) is 5.26. The summed E-state index contributed by atoms with van der Waals surface area (Å²) in [4.78, 5) is 2.66. The van der Waals surface area contributed by atoms with E-state index < -0.39 is 0 Å². The second-order valence-corrected chi connectivity index (χ2v) is 8.76. The van der Waals surface area contributed by atoms with Gasteiger partial charge in [0.2, 0.25) is 0 Å². The van der Waals surface area contributed by atoms with Gasteiger partial charge in [-0.05, 0) is 58.8 Å². The third kappa shape index (κ3) is 3.37. The first-order valence-corrected chi connectivity index (χ1v) is 8.23. The fraction of sp³-hybridized carbons (Fsp3) is 1.00. The molecule has 2 fully saturated rings. The molecule has 3 nitrogen and oxygen atoms in total. The summed E-state index contributed by atoms with van der Waals surface area (Å²) >= 11 is 0. The number of nitrogens with zero attached hydrogens (tertiary/aromatic N) is 1. The Bertz CT molecular complexity index is 325. The minimum atomic E-state index is -0.0894. The zero-order valence-corrected chi connectivity index (χ0v) is 14.3. The Hall–Kier alpha value is -0.120. The number of morpholine rings is 1. The predicted octanol–water partition coefficient (Wildman–Crippen LogP) is 3.03. The molecule has 1 saturated heterocycles. The number of hydrogen-bond donors (Lipinski definition) is 1. The molecule has 0 spiro atoms. The zero-order chi connectivity index (χ0) is 15.2. The summed E-state index contributed by atoms with van der Waals surface area (Å²) in [5, 5.41) is 0. The molecule has 2 rings (SSSR count). The van der Waals surface area contributed by atoms with Crippen LogP contribution in [-0.4, -0.2) is 41.3 Å². The molecule has 3 heteroatoms. The van der Waals surface area contributed by atoms with Crippen LogP contribution in [0.5, 0.6) is 0 Å². The van der Waals surface area contributed by atoms with E-state index in [1.54, 1.807) is 0 Å². The lowest BCUT2D eigenvalue weighted by atomic mass is 9.70. The lowest BCUT2D eigenvalue weighted by molar-refractivity contribution is -0.204. The van der Waals surface area contributed by atoms with Gasteiger partial charge in [0.1, 0.15) is 0 Å². The topological polar surface area (TPSA) is 38.5 Å². The molecule has 0 aromatic carbocycles. The van der Waals surface area contributed by atoms with Gasteiger partial charge in [-0.3, -0.25) is 4.90 Å². The minimum absolute atomic E-state index is 0.0894. The molecule has 2 unspecified atom stereocenters. The number of hydrogen-bond acceptors (Lipinski definition) is 3. The molecule has 1 aliphatic heterocycles. The Kier molecular flexibility index (Phi) is 4.27. The minimum Gasteiger partial charge on any atom is -0.367 e. The number of ether oxygens (including phenoxy) is 1. The van der Waals surface area contributed by atoms with Crippen LogP contribution in [-0.2, 0) is 4.74 Å². The molecule has 0 aromatic rings. The number of nitrogens with two attached hydrogens (primary N) is 1. The van der Waals surface area contributed by atoms with Crippen LogP contribution in [0.3, 0.4) is 0 Å². The van der Waals surface area contributed by atoms with E-state index in [-0.39, 0.29) is 16.7 Å². The smallest absolute Gasteiger partial charge is 0.0761 e. The summed E-state index contributed by atoms with van der Waals surface area (Å²) in [6, 6.07) is 0. The van der Waals surface area contributed by atoms with Crippen LogP contribution < -0.4 is 5.73 Å². The van der Waals surface area contributed by atoms with Gasteiger partial charge in [0.05, 0.1) is 11.2 Å². The number of rotatable bonds is 2. The molecule has 20 heavy (non-hydrogen) atoms. The van der Waals surface area contributed by atoms with Gasteiger partial charge in [0.15, 0.2) is 0 Å². The Balaban J connectivity index is 2.26. The van der Waals surface area contributed by atoms with Gasteiger partial charge >= 0.3 is 0 Å². The Morgan fingerprint density at radius 1 is 1.00 bits per heavy atom. The van der Waals surface area contributed by atoms with Crippen molar-refractivity contribution >= 4 is 0 Å². The molecule has 2 atom stereocenters. The molecule has 0 bridgehead atoms. The second-order valence-electron chi connectivity index (χ2n) is 8.76. The van der Waals surface area contributed by atoms with E-state index in [0.717, 1.165) is 31.5 Å². The maximum atomic E-state index is 6.29. The summed E-state index contributed by atoms with van der Waals surface area (Å²) in [6.45, 7) is 16.4. The van der Waals surface area contributed by atoms with Crippen LogP contribution in [0, 0.1) is 11.8 Å². The molecule has 2 aliphatic rings. The molecule has 0 radical (unpaired) electrons. The fourth-order valence-electron chi connectivity index (χ4n) is 4.91. The molecule has 2 N–H and O–H groups in total. The quantitative estimate of drug-likeness (QED) is 0.846. The largest absolute Gasteiger partial charge is 0.367 e. The van der Waals surface area contributed by atoms with Crippen LogP contribution in [0.15, 0.2) is 0 Å². The van der Waals surface area contributed by atoms with E-state index in [1.807, 2.05) is 0 Å². The van der Waals surface area contributed by atoms with Crippen molar-refractivity contribution in [3.05, 3.63) is 0 Å². The third-order valence-corrected chi connectivity index (χ3v) is 5.01. The van der Waals surface area contributed by atoms with E-state index in [0.29, 0.717) is 0 Å². The first-order chi connectivity index (χ1) is 9.07. The van der Waals surface area contributed by atoms with Gasteiger partial charge in [-0.1, -0.05) is 13.8 Å². The van der Waals surface area contributed by atoms with E-state index in [9.17, 15) is 0 Å². The van der Waals surface area contributed by atoms with Crippen LogP contribution >= 0.6 is 0 Å². The van der Waals surface area contributed by atoms with Crippen molar-refractivity contribution in [1.82, 2.24) is 4.90 Å².